The Bertz CT molecular complexity index is 1200. The first-order chi connectivity index (χ1) is 15.1. The summed E-state index contributed by atoms with van der Waals surface area (Å²) in [4.78, 5) is 12.3. The van der Waals surface area contributed by atoms with Gasteiger partial charge in [0.15, 0.2) is 5.82 Å². The molecule has 2 aromatic carbocycles. The molecule has 0 aliphatic carbocycles. The van der Waals surface area contributed by atoms with E-state index in [1.54, 1.807) is 36.6 Å². The summed E-state index contributed by atoms with van der Waals surface area (Å²) in [5.74, 6) is 7.19. The highest BCUT2D eigenvalue weighted by Gasteiger charge is 2.16. The van der Waals surface area contributed by atoms with E-state index in [0.29, 0.717) is 28.1 Å². The SMILES string of the molecule is Cc1occc1-c1nnc(SCC(=O)Nc2ccc(N=Nc3ccccc3)cc2)n1N. The summed E-state index contributed by atoms with van der Waals surface area (Å²) in [5, 5.41) is 19.8. The molecule has 4 rings (SSSR count). The second-order valence-electron chi connectivity index (χ2n) is 6.49. The largest absolute Gasteiger partial charge is 0.469 e. The molecular weight excluding hydrogens is 414 g/mol. The molecule has 0 bridgehead atoms. The zero-order chi connectivity index (χ0) is 21.6. The number of nitrogens with two attached hydrogens (primary N) is 1. The lowest BCUT2D eigenvalue weighted by Crippen LogP contribution is -2.16. The van der Waals surface area contributed by atoms with E-state index in [0.717, 1.165) is 11.3 Å². The molecule has 0 fully saturated rings. The molecule has 0 spiro atoms. The summed E-state index contributed by atoms with van der Waals surface area (Å²) in [7, 11) is 0. The van der Waals surface area contributed by atoms with Crippen LogP contribution in [0.15, 0.2) is 86.7 Å². The van der Waals surface area contributed by atoms with Gasteiger partial charge in [0.25, 0.3) is 0 Å². The highest BCUT2D eigenvalue weighted by Crippen LogP contribution is 2.25. The summed E-state index contributed by atoms with van der Waals surface area (Å²) >= 11 is 1.20. The standard InChI is InChI=1S/C21H19N7O2S/c1-14-18(11-12-30-14)20-26-27-21(28(20)22)31-13-19(29)23-15-7-9-17(10-8-15)25-24-16-5-3-2-4-6-16/h2-12H,13,22H2,1H3,(H,23,29). The van der Waals surface area contributed by atoms with Gasteiger partial charge in [-0.3, -0.25) is 4.79 Å². The zero-order valence-electron chi connectivity index (χ0n) is 16.6. The van der Waals surface area contributed by atoms with Crippen LogP contribution in [-0.2, 0) is 4.79 Å². The fraction of sp³-hybridized carbons (Fsp3) is 0.0952. The van der Waals surface area contributed by atoms with Gasteiger partial charge in [0.2, 0.25) is 11.1 Å². The second-order valence-corrected chi connectivity index (χ2v) is 7.43. The van der Waals surface area contributed by atoms with Crippen LogP contribution in [0.1, 0.15) is 5.76 Å². The van der Waals surface area contributed by atoms with Crippen molar-refractivity contribution in [3.8, 4) is 11.4 Å². The predicted molar refractivity (Wildman–Crippen MR) is 119 cm³/mol. The summed E-state index contributed by atoms with van der Waals surface area (Å²) in [6.07, 6.45) is 1.56. The fourth-order valence-corrected chi connectivity index (χ4v) is 3.38. The molecule has 0 saturated heterocycles. The number of nitrogen functional groups attached to an aromatic ring is 1. The molecule has 0 unspecified atom stereocenters. The first-order valence-corrected chi connectivity index (χ1v) is 10.3. The smallest absolute Gasteiger partial charge is 0.234 e. The summed E-state index contributed by atoms with van der Waals surface area (Å²) in [6, 6.07) is 18.3. The third-order valence-electron chi connectivity index (χ3n) is 4.28. The molecule has 3 N–H and O–H groups in total. The summed E-state index contributed by atoms with van der Waals surface area (Å²) in [6.45, 7) is 1.82. The van der Waals surface area contributed by atoms with Gasteiger partial charge in [-0.25, -0.2) is 4.68 Å². The second kappa shape index (κ2) is 9.26. The zero-order valence-corrected chi connectivity index (χ0v) is 17.4. The van der Waals surface area contributed by atoms with Crippen LogP contribution in [0.3, 0.4) is 0 Å². The Morgan fingerprint density at radius 3 is 2.45 bits per heavy atom. The highest BCUT2D eigenvalue weighted by atomic mass is 32.2. The number of hydrogen-bond donors (Lipinski definition) is 2. The number of anilines is 1. The number of thioether (sulfide) groups is 1. The van der Waals surface area contributed by atoms with Gasteiger partial charge in [0, 0.05) is 5.69 Å². The fourth-order valence-electron chi connectivity index (χ4n) is 2.72. The minimum atomic E-state index is -0.187. The van der Waals surface area contributed by atoms with Crippen LogP contribution in [-0.4, -0.2) is 26.5 Å². The monoisotopic (exact) mass is 433 g/mol. The summed E-state index contributed by atoms with van der Waals surface area (Å²) in [5.41, 5.74) is 2.88. The molecule has 2 heterocycles. The third kappa shape index (κ3) is 4.98. The van der Waals surface area contributed by atoms with Crippen molar-refractivity contribution in [3.05, 3.63) is 72.7 Å². The van der Waals surface area contributed by atoms with Crippen molar-refractivity contribution in [2.75, 3.05) is 16.9 Å². The maximum Gasteiger partial charge on any atom is 0.234 e. The van der Waals surface area contributed by atoms with E-state index in [1.165, 1.54) is 16.4 Å². The van der Waals surface area contributed by atoms with Gasteiger partial charge >= 0.3 is 0 Å². The lowest BCUT2D eigenvalue weighted by molar-refractivity contribution is -0.113. The quantitative estimate of drug-likeness (QED) is 0.247. The minimum Gasteiger partial charge on any atom is -0.469 e. The topological polar surface area (TPSA) is 124 Å². The van der Waals surface area contributed by atoms with Gasteiger partial charge in [-0.15, -0.1) is 10.2 Å². The van der Waals surface area contributed by atoms with Crippen LogP contribution in [0.5, 0.6) is 0 Å². The molecule has 2 aromatic heterocycles. The van der Waals surface area contributed by atoms with Crippen molar-refractivity contribution in [3.63, 3.8) is 0 Å². The normalized spacial score (nSPS) is 11.1. The molecule has 0 aliphatic heterocycles. The average molecular weight is 433 g/mol. The Labute approximate surface area is 182 Å². The lowest BCUT2D eigenvalue weighted by Gasteiger charge is -2.05. The molecule has 1 amide bonds. The number of carbonyl (C=O) groups excluding carboxylic acids is 1. The Kier molecular flexibility index (Phi) is 6.08. The van der Waals surface area contributed by atoms with Gasteiger partial charge < -0.3 is 15.6 Å². The van der Waals surface area contributed by atoms with Crippen LogP contribution in [0.4, 0.5) is 17.1 Å². The number of azo groups is 1. The number of rotatable bonds is 7. The van der Waals surface area contributed by atoms with Gasteiger partial charge in [0.1, 0.15) is 5.76 Å². The van der Waals surface area contributed by atoms with Gasteiger partial charge in [-0.05, 0) is 49.4 Å². The molecule has 10 heteroatoms. The maximum atomic E-state index is 12.3. The number of amides is 1. The number of furan rings is 1. The van der Waals surface area contributed by atoms with Crippen LogP contribution in [0, 0.1) is 6.92 Å². The number of benzene rings is 2. The molecule has 31 heavy (non-hydrogen) atoms. The van der Waals surface area contributed by atoms with Crippen molar-refractivity contribution >= 4 is 34.7 Å². The Hall–Kier alpha value is -3.92. The van der Waals surface area contributed by atoms with Gasteiger partial charge in [-0.1, -0.05) is 30.0 Å². The number of hydrogen-bond acceptors (Lipinski definition) is 8. The van der Waals surface area contributed by atoms with E-state index >= 15 is 0 Å². The van der Waals surface area contributed by atoms with Crippen LogP contribution in [0.25, 0.3) is 11.4 Å². The average Bonchev–Trinajstić information content (AvgIpc) is 3.37. The van der Waals surface area contributed by atoms with Crippen molar-refractivity contribution in [1.82, 2.24) is 14.9 Å². The molecule has 0 saturated carbocycles. The number of carbonyl (C=O) groups is 1. The molecule has 0 atom stereocenters. The predicted octanol–water partition coefficient (Wildman–Crippen LogP) is 4.71. The first kappa shape index (κ1) is 20.4. The Balaban J connectivity index is 1.32. The van der Waals surface area contributed by atoms with E-state index in [1.807, 2.05) is 37.3 Å². The molecule has 4 aromatic rings. The maximum absolute atomic E-state index is 12.3. The number of aromatic nitrogens is 3. The van der Waals surface area contributed by atoms with Crippen LogP contribution < -0.4 is 11.2 Å². The molecule has 9 nitrogen and oxygen atoms in total. The van der Waals surface area contributed by atoms with Crippen molar-refractivity contribution < 1.29 is 9.21 Å². The highest BCUT2D eigenvalue weighted by molar-refractivity contribution is 7.99. The van der Waals surface area contributed by atoms with Crippen LogP contribution in [0.2, 0.25) is 0 Å². The Morgan fingerprint density at radius 2 is 1.77 bits per heavy atom. The van der Waals surface area contributed by atoms with E-state index in [2.05, 4.69) is 25.7 Å². The molecule has 0 aliphatic rings. The number of nitrogens with one attached hydrogen (secondary N) is 1. The van der Waals surface area contributed by atoms with Crippen LogP contribution >= 0.6 is 11.8 Å². The van der Waals surface area contributed by atoms with Crippen molar-refractivity contribution in [2.45, 2.75) is 12.1 Å². The van der Waals surface area contributed by atoms with Gasteiger partial charge in [-0.2, -0.15) is 10.2 Å². The van der Waals surface area contributed by atoms with Crippen molar-refractivity contribution in [1.29, 1.82) is 0 Å². The molecule has 0 radical (unpaired) electrons. The third-order valence-corrected chi connectivity index (χ3v) is 5.23. The molecular formula is C21H19N7O2S. The van der Waals surface area contributed by atoms with Crippen molar-refractivity contribution in [2.24, 2.45) is 10.2 Å². The van der Waals surface area contributed by atoms with E-state index in [-0.39, 0.29) is 11.7 Å². The molecule has 156 valence electrons. The Morgan fingerprint density at radius 1 is 1.06 bits per heavy atom. The van der Waals surface area contributed by atoms with E-state index in [9.17, 15) is 4.79 Å². The summed E-state index contributed by atoms with van der Waals surface area (Å²) < 4.78 is 6.62. The number of nitrogens with zero attached hydrogens (tertiary/aromatic N) is 5. The van der Waals surface area contributed by atoms with E-state index < -0.39 is 0 Å². The minimum absolute atomic E-state index is 0.134. The van der Waals surface area contributed by atoms with E-state index in [4.69, 9.17) is 10.3 Å². The first-order valence-electron chi connectivity index (χ1n) is 9.34. The van der Waals surface area contributed by atoms with Gasteiger partial charge in [0.05, 0.1) is 29.0 Å². The number of aryl methyl sites for hydroxylation is 1. The lowest BCUT2D eigenvalue weighted by atomic mass is 10.2.